The molecule has 0 bridgehead atoms. The summed E-state index contributed by atoms with van der Waals surface area (Å²) in [4.78, 5) is 26.1. The minimum Gasteiger partial charge on any atom is -0.481 e. The first-order valence-corrected chi connectivity index (χ1v) is 5.56. The zero-order valence-electron chi connectivity index (χ0n) is 9.30. The molecule has 3 N–H and O–H groups in total. The van der Waals surface area contributed by atoms with Gasteiger partial charge >= 0.3 is 5.97 Å². The zero-order chi connectivity index (χ0) is 12.4. The van der Waals surface area contributed by atoms with Crippen molar-refractivity contribution in [1.29, 1.82) is 0 Å². The quantitative estimate of drug-likeness (QED) is 0.820. The molecular formula is C12H14N2O3. The third kappa shape index (κ3) is 2.43. The van der Waals surface area contributed by atoms with Crippen LogP contribution in [0.4, 0.5) is 0 Å². The first-order valence-electron chi connectivity index (χ1n) is 5.56. The van der Waals surface area contributed by atoms with Crippen LogP contribution >= 0.6 is 0 Å². The van der Waals surface area contributed by atoms with E-state index in [1.807, 2.05) is 0 Å². The minimum absolute atomic E-state index is 0.121. The number of pyridine rings is 1. The van der Waals surface area contributed by atoms with Crippen LogP contribution in [0, 0.1) is 5.92 Å². The molecule has 90 valence electrons. The van der Waals surface area contributed by atoms with E-state index in [2.05, 4.69) is 4.98 Å². The van der Waals surface area contributed by atoms with Crippen LogP contribution in [0.15, 0.2) is 18.3 Å². The van der Waals surface area contributed by atoms with Crippen molar-refractivity contribution >= 4 is 11.9 Å². The second-order valence-corrected chi connectivity index (χ2v) is 4.38. The van der Waals surface area contributed by atoms with Gasteiger partial charge in [-0.3, -0.25) is 14.6 Å². The van der Waals surface area contributed by atoms with Crippen LogP contribution in [0.1, 0.15) is 41.2 Å². The number of carboxylic acids is 1. The third-order valence-corrected chi connectivity index (χ3v) is 3.27. The summed E-state index contributed by atoms with van der Waals surface area (Å²) in [5, 5.41) is 8.93. The highest BCUT2D eigenvalue weighted by atomic mass is 16.4. The fourth-order valence-electron chi connectivity index (χ4n) is 2.30. The average molecular weight is 234 g/mol. The van der Waals surface area contributed by atoms with E-state index in [9.17, 15) is 9.59 Å². The van der Waals surface area contributed by atoms with E-state index in [-0.39, 0.29) is 11.8 Å². The van der Waals surface area contributed by atoms with Crippen LogP contribution in [0.5, 0.6) is 0 Å². The Morgan fingerprint density at radius 2 is 2.18 bits per heavy atom. The van der Waals surface area contributed by atoms with Gasteiger partial charge in [0.15, 0.2) is 0 Å². The molecule has 0 aromatic carbocycles. The van der Waals surface area contributed by atoms with Gasteiger partial charge in [0.2, 0.25) is 5.91 Å². The molecule has 1 aliphatic rings. The summed E-state index contributed by atoms with van der Waals surface area (Å²) in [5.74, 6) is -1.41. The second-order valence-electron chi connectivity index (χ2n) is 4.38. The molecule has 0 radical (unpaired) electrons. The van der Waals surface area contributed by atoms with E-state index < -0.39 is 11.9 Å². The third-order valence-electron chi connectivity index (χ3n) is 3.27. The molecule has 5 nitrogen and oxygen atoms in total. The maximum Gasteiger partial charge on any atom is 0.306 e. The molecule has 0 spiro atoms. The standard InChI is InChI=1S/C12H14N2O3/c13-11(15)8-3-4-14-10(6-8)7-1-2-9(5-7)12(16)17/h3-4,6-7,9H,1-2,5H2,(H2,13,15)(H,16,17)/t7-,9+/m1/s1. The van der Waals surface area contributed by atoms with Gasteiger partial charge in [0.1, 0.15) is 0 Å². The number of aromatic nitrogens is 1. The van der Waals surface area contributed by atoms with Gasteiger partial charge in [-0.25, -0.2) is 0 Å². The predicted molar refractivity (Wildman–Crippen MR) is 60.5 cm³/mol. The van der Waals surface area contributed by atoms with Crippen LogP contribution in [0.25, 0.3) is 0 Å². The maximum absolute atomic E-state index is 11.0. The monoisotopic (exact) mass is 234 g/mol. The van der Waals surface area contributed by atoms with Gasteiger partial charge in [0.25, 0.3) is 0 Å². The molecule has 0 aliphatic heterocycles. The number of carbonyl (C=O) groups excluding carboxylic acids is 1. The number of carboxylic acid groups (broad SMARTS) is 1. The molecule has 1 aliphatic carbocycles. The molecule has 0 saturated heterocycles. The number of nitrogens with two attached hydrogens (primary N) is 1. The van der Waals surface area contributed by atoms with Crippen molar-refractivity contribution in [2.75, 3.05) is 0 Å². The summed E-state index contributed by atoms with van der Waals surface area (Å²) in [6.07, 6.45) is 3.60. The second kappa shape index (κ2) is 4.53. The SMILES string of the molecule is NC(=O)c1ccnc([C@@H]2CC[C@H](C(=O)O)C2)c1. The number of primary amides is 1. The first kappa shape index (κ1) is 11.6. The highest BCUT2D eigenvalue weighted by Crippen LogP contribution is 2.37. The normalized spacial score (nSPS) is 23.5. The summed E-state index contributed by atoms with van der Waals surface area (Å²) in [6, 6.07) is 3.23. The summed E-state index contributed by atoms with van der Waals surface area (Å²) < 4.78 is 0. The summed E-state index contributed by atoms with van der Waals surface area (Å²) in [5.41, 5.74) is 6.39. The van der Waals surface area contributed by atoms with Crippen molar-refractivity contribution in [3.8, 4) is 0 Å². The fourth-order valence-corrected chi connectivity index (χ4v) is 2.30. The molecule has 17 heavy (non-hydrogen) atoms. The Morgan fingerprint density at radius 1 is 1.41 bits per heavy atom. The smallest absolute Gasteiger partial charge is 0.306 e. The fraction of sp³-hybridized carbons (Fsp3) is 0.417. The van der Waals surface area contributed by atoms with Gasteiger partial charge in [0.05, 0.1) is 5.92 Å². The molecule has 2 rings (SSSR count). The molecule has 0 unspecified atom stereocenters. The number of amides is 1. The molecular weight excluding hydrogens is 220 g/mol. The number of aliphatic carboxylic acids is 1. The van der Waals surface area contributed by atoms with Crippen LogP contribution in [0.3, 0.4) is 0 Å². The number of hydrogen-bond donors (Lipinski definition) is 2. The zero-order valence-corrected chi connectivity index (χ0v) is 9.30. The summed E-state index contributed by atoms with van der Waals surface area (Å²) >= 11 is 0. The van der Waals surface area contributed by atoms with Crippen molar-refractivity contribution in [2.45, 2.75) is 25.2 Å². The summed E-state index contributed by atoms with van der Waals surface area (Å²) in [7, 11) is 0. The molecule has 1 saturated carbocycles. The number of carbonyl (C=O) groups is 2. The number of nitrogens with zero attached hydrogens (tertiary/aromatic N) is 1. The minimum atomic E-state index is -0.751. The molecule has 1 fully saturated rings. The van der Waals surface area contributed by atoms with Crippen LogP contribution in [0.2, 0.25) is 0 Å². The maximum atomic E-state index is 11.0. The topological polar surface area (TPSA) is 93.3 Å². The molecule has 1 heterocycles. The lowest BCUT2D eigenvalue weighted by Gasteiger charge is -2.09. The van der Waals surface area contributed by atoms with E-state index in [1.165, 1.54) is 0 Å². The van der Waals surface area contributed by atoms with Crippen LogP contribution < -0.4 is 5.73 Å². The highest BCUT2D eigenvalue weighted by molar-refractivity contribution is 5.92. The number of rotatable bonds is 3. The Morgan fingerprint density at radius 3 is 2.76 bits per heavy atom. The summed E-state index contributed by atoms with van der Waals surface area (Å²) in [6.45, 7) is 0. The molecule has 1 aromatic heterocycles. The van der Waals surface area contributed by atoms with Gasteiger partial charge in [-0.1, -0.05) is 0 Å². The van der Waals surface area contributed by atoms with Crippen molar-refractivity contribution in [2.24, 2.45) is 11.7 Å². The van der Waals surface area contributed by atoms with Crippen molar-refractivity contribution < 1.29 is 14.7 Å². The molecule has 1 amide bonds. The van der Waals surface area contributed by atoms with Gasteiger partial charge in [0, 0.05) is 23.4 Å². The first-order chi connectivity index (χ1) is 8.08. The Bertz CT molecular complexity index is 459. The van der Waals surface area contributed by atoms with Crippen molar-refractivity contribution in [3.05, 3.63) is 29.6 Å². The Labute approximate surface area is 98.7 Å². The largest absolute Gasteiger partial charge is 0.481 e. The molecule has 5 heteroatoms. The number of hydrogen-bond acceptors (Lipinski definition) is 3. The average Bonchev–Trinajstić information content (AvgIpc) is 2.78. The molecule has 1 aromatic rings. The lowest BCUT2D eigenvalue weighted by atomic mass is 10.00. The molecule has 2 atom stereocenters. The van der Waals surface area contributed by atoms with Crippen molar-refractivity contribution in [1.82, 2.24) is 4.98 Å². The van der Waals surface area contributed by atoms with Gasteiger partial charge in [-0.15, -0.1) is 0 Å². The highest BCUT2D eigenvalue weighted by Gasteiger charge is 2.31. The van der Waals surface area contributed by atoms with E-state index >= 15 is 0 Å². The van der Waals surface area contributed by atoms with Crippen LogP contribution in [-0.4, -0.2) is 22.0 Å². The Kier molecular flexibility index (Phi) is 3.08. The lowest BCUT2D eigenvalue weighted by Crippen LogP contribution is -2.12. The van der Waals surface area contributed by atoms with E-state index in [0.717, 1.165) is 12.1 Å². The Balaban J connectivity index is 2.16. The van der Waals surface area contributed by atoms with Gasteiger partial charge < -0.3 is 10.8 Å². The van der Waals surface area contributed by atoms with E-state index in [4.69, 9.17) is 10.8 Å². The van der Waals surface area contributed by atoms with Gasteiger partial charge in [-0.2, -0.15) is 0 Å². The predicted octanol–water partition coefficient (Wildman–Crippen LogP) is 1.15. The van der Waals surface area contributed by atoms with Gasteiger partial charge in [-0.05, 0) is 31.4 Å². The lowest BCUT2D eigenvalue weighted by molar-refractivity contribution is -0.141. The van der Waals surface area contributed by atoms with E-state index in [1.54, 1.807) is 18.3 Å². The van der Waals surface area contributed by atoms with Crippen molar-refractivity contribution in [3.63, 3.8) is 0 Å². The van der Waals surface area contributed by atoms with E-state index in [0.29, 0.717) is 18.4 Å². The Hall–Kier alpha value is -1.91. The van der Waals surface area contributed by atoms with Crippen LogP contribution in [-0.2, 0) is 4.79 Å².